The van der Waals surface area contributed by atoms with Crippen LogP contribution in [0.3, 0.4) is 0 Å². The van der Waals surface area contributed by atoms with Gasteiger partial charge < -0.3 is 15.2 Å². The summed E-state index contributed by atoms with van der Waals surface area (Å²) in [7, 11) is 1.77. The van der Waals surface area contributed by atoms with Crippen molar-refractivity contribution in [3.05, 3.63) is 29.8 Å². The van der Waals surface area contributed by atoms with Gasteiger partial charge in [0.05, 0.1) is 5.97 Å². The van der Waals surface area contributed by atoms with Crippen molar-refractivity contribution in [3.63, 3.8) is 0 Å². The Labute approximate surface area is 93.1 Å². The number of nitrogens with one attached hydrogen (secondary N) is 1. The van der Waals surface area contributed by atoms with Crippen molar-refractivity contribution in [1.29, 1.82) is 0 Å². The van der Waals surface area contributed by atoms with Gasteiger partial charge in [-0.05, 0) is 17.7 Å². The zero-order chi connectivity index (χ0) is 8.27. The average molecular weight is 173 g/mol. The van der Waals surface area contributed by atoms with Crippen molar-refractivity contribution < 1.29 is 39.5 Å². The van der Waals surface area contributed by atoms with Crippen molar-refractivity contribution in [2.45, 2.75) is 0 Å². The van der Waals surface area contributed by atoms with Crippen molar-refractivity contribution in [1.82, 2.24) is 0 Å². The van der Waals surface area contributed by atoms with Crippen LogP contribution in [0.25, 0.3) is 0 Å². The van der Waals surface area contributed by atoms with E-state index in [1.165, 1.54) is 12.1 Å². The maximum Gasteiger partial charge on any atom is 1.00 e. The minimum Gasteiger partial charge on any atom is -0.545 e. The second kappa shape index (κ2) is 5.19. The molecule has 0 amide bonds. The molecule has 0 aliphatic heterocycles. The van der Waals surface area contributed by atoms with E-state index >= 15 is 0 Å². The first-order valence-corrected chi connectivity index (χ1v) is 3.23. The van der Waals surface area contributed by atoms with Crippen LogP contribution in [0.15, 0.2) is 24.3 Å². The predicted molar refractivity (Wildman–Crippen MR) is 40.3 cm³/mol. The number of carboxylic acid groups (broad SMARTS) is 1. The summed E-state index contributed by atoms with van der Waals surface area (Å²) in [5.41, 5.74) is 1.08. The Morgan fingerprint density at radius 3 is 2.17 bits per heavy atom. The molecule has 1 N–H and O–H groups in total. The van der Waals surface area contributed by atoms with Gasteiger partial charge in [-0.3, -0.25) is 0 Å². The molecule has 3 nitrogen and oxygen atoms in total. The molecule has 58 valence electrons. The van der Waals surface area contributed by atoms with Gasteiger partial charge in [-0.2, -0.15) is 0 Å². The molecule has 1 rings (SSSR count). The van der Waals surface area contributed by atoms with Crippen LogP contribution in [0.1, 0.15) is 10.4 Å². The molecule has 0 aromatic heterocycles. The first-order chi connectivity index (χ1) is 5.24. The van der Waals surface area contributed by atoms with Gasteiger partial charge in [-0.1, -0.05) is 12.1 Å². The van der Waals surface area contributed by atoms with Crippen molar-refractivity contribution >= 4 is 11.7 Å². The summed E-state index contributed by atoms with van der Waals surface area (Å²) in [5.74, 6) is -1.15. The summed E-state index contributed by atoms with van der Waals surface area (Å²) >= 11 is 0. The maximum absolute atomic E-state index is 10.3. The van der Waals surface area contributed by atoms with Gasteiger partial charge >= 0.3 is 29.6 Å². The number of hydrogen-bond acceptors (Lipinski definition) is 3. The zero-order valence-electron chi connectivity index (χ0n) is 7.13. The molecule has 0 fully saturated rings. The van der Waals surface area contributed by atoms with Gasteiger partial charge in [0, 0.05) is 12.7 Å². The smallest absolute Gasteiger partial charge is 0.545 e. The Bertz CT molecular complexity index is 258. The van der Waals surface area contributed by atoms with E-state index in [1.54, 1.807) is 19.2 Å². The molecule has 1 aromatic rings. The molecule has 0 saturated carbocycles. The summed E-state index contributed by atoms with van der Waals surface area (Å²) in [5, 5.41) is 13.1. The number of carboxylic acids is 1. The standard InChI is InChI=1S/C8H9NO2.Na/c1-9-7-4-2-6(3-5-7)8(10)11;/h2-5,9H,1H3,(H,10,11);/q;+1/p-1. The Morgan fingerprint density at radius 1 is 1.33 bits per heavy atom. The fraction of sp³-hybridized carbons (Fsp3) is 0.125. The molecule has 0 saturated heterocycles. The molecule has 1 aromatic carbocycles. The molecule has 0 aliphatic rings. The summed E-state index contributed by atoms with van der Waals surface area (Å²) in [4.78, 5) is 10.3. The topological polar surface area (TPSA) is 52.2 Å². The number of benzene rings is 1. The molecule has 0 unspecified atom stereocenters. The van der Waals surface area contributed by atoms with E-state index in [4.69, 9.17) is 0 Å². The third-order valence-corrected chi connectivity index (χ3v) is 1.41. The molecule has 0 radical (unpaired) electrons. The van der Waals surface area contributed by atoms with Gasteiger partial charge in [0.25, 0.3) is 0 Å². The molecular formula is C8H8NNaO2. The van der Waals surface area contributed by atoms with Gasteiger partial charge in [-0.25, -0.2) is 0 Å². The molecule has 0 aliphatic carbocycles. The van der Waals surface area contributed by atoms with Crippen LogP contribution >= 0.6 is 0 Å². The van der Waals surface area contributed by atoms with Crippen molar-refractivity contribution in [3.8, 4) is 0 Å². The molecule has 0 spiro atoms. The number of hydrogen-bond donors (Lipinski definition) is 1. The van der Waals surface area contributed by atoms with Crippen LogP contribution in [0.2, 0.25) is 0 Å². The third-order valence-electron chi connectivity index (χ3n) is 1.41. The molecule has 12 heavy (non-hydrogen) atoms. The Morgan fingerprint density at radius 2 is 1.83 bits per heavy atom. The normalized spacial score (nSPS) is 8.42. The van der Waals surface area contributed by atoms with E-state index in [0.717, 1.165) is 5.69 Å². The third kappa shape index (κ3) is 2.85. The first-order valence-electron chi connectivity index (χ1n) is 3.23. The average Bonchev–Trinajstić information content (AvgIpc) is 2.05. The maximum atomic E-state index is 10.3. The van der Waals surface area contributed by atoms with Crippen LogP contribution in [0.5, 0.6) is 0 Å². The molecule has 0 atom stereocenters. The number of carbonyl (C=O) groups excluding carboxylic acids is 1. The summed E-state index contributed by atoms with van der Waals surface area (Å²) in [6.07, 6.45) is 0. The van der Waals surface area contributed by atoms with Crippen molar-refractivity contribution in [2.24, 2.45) is 0 Å². The van der Waals surface area contributed by atoms with Crippen LogP contribution in [0, 0.1) is 0 Å². The van der Waals surface area contributed by atoms with Gasteiger partial charge in [0.2, 0.25) is 0 Å². The summed E-state index contributed by atoms with van der Waals surface area (Å²) in [6.45, 7) is 0. The fourth-order valence-corrected chi connectivity index (χ4v) is 0.773. The molecule has 0 heterocycles. The van der Waals surface area contributed by atoms with E-state index in [2.05, 4.69) is 5.32 Å². The minimum absolute atomic E-state index is 0. The van der Waals surface area contributed by atoms with E-state index in [0.29, 0.717) is 0 Å². The number of rotatable bonds is 2. The Balaban J connectivity index is 0.00000121. The molecular weight excluding hydrogens is 165 g/mol. The van der Waals surface area contributed by atoms with Gasteiger partial charge in [0.1, 0.15) is 0 Å². The number of anilines is 1. The van der Waals surface area contributed by atoms with Gasteiger partial charge in [-0.15, -0.1) is 0 Å². The van der Waals surface area contributed by atoms with Crippen LogP contribution in [-0.2, 0) is 0 Å². The van der Waals surface area contributed by atoms with E-state index in [9.17, 15) is 9.90 Å². The van der Waals surface area contributed by atoms with E-state index in [1.807, 2.05) is 0 Å². The number of carbonyl (C=O) groups is 1. The van der Waals surface area contributed by atoms with Crippen LogP contribution in [0.4, 0.5) is 5.69 Å². The molecule has 0 bridgehead atoms. The first kappa shape index (κ1) is 11.5. The van der Waals surface area contributed by atoms with Crippen LogP contribution < -0.4 is 40.0 Å². The number of aromatic carboxylic acids is 1. The zero-order valence-corrected chi connectivity index (χ0v) is 9.13. The van der Waals surface area contributed by atoms with Crippen LogP contribution in [-0.4, -0.2) is 13.0 Å². The van der Waals surface area contributed by atoms with E-state index < -0.39 is 5.97 Å². The van der Waals surface area contributed by atoms with Crippen molar-refractivity contribution in [2.75, 3.05) is 12.4 Å². The second-order valence-corrected chi connectivity index (χ2v) is 2.11. The molecule has 4 heteroatoms. The summed E-state index contributed by atoms with van der Waals surface area (Å²) in [6, 6.07) is 6.37. The van der Waals surface area contributed by atoms with Gasteiger partial charge in [0.15, 0.2) is 0 Å². The quantitative estimate of drug-likeness (QED) is 0.488. The van der Waals surface area contributed by atoms with E-state index in [-0.39, 0.29) is 35.1 Å². The Hall–Kier alpha value is -0.510. The largest absolute Gasteiger partial charge is 1.00 e. The predicted octanol–water partition coefficient (Wildman–Crippen LogP) is -2.90. The Kier molecular flexibility index (Phi) is 4.97. The summed E-state index contributed by atoms with van der Waals surface area (Å²) < 4.78 is 0. The second-order valence-electron chi connectivity index (χ2n) is 2.11. The fourth-order valence-electron chi connectivity index (χ4n) is 0.773. The minimum atomic E-state index is -1.15. The monoisotopic (exact) mass is 173 g/mol. The SMILES string of the molecule is CNc1ccc(C(=O)[O-])cc1.[Na+].